The van der Waals surface area contributed by atoms with Crippen molar-refractivity contribution in [1.82, 2.24) is 15.3 Å². The molecule has 0 spiro atoms. The Balaban J connectivity index is 1.62. The van der Waals surface area contributed by atoms with Gasteiger partial charge in [0.2, 0.25) is 5.88 Å². The monoisotopic (exact) mass is 353 g/mol. The molecule has 2 aromatic heterocycles. The summed E-state index contributed by atoms with van der Waals surface area (Å²) in [6.07, 6.45) is 0. The first-order valence-electron chi connectivity index (χ1n) is 7.95. The number of carbonyl (C=O) groups excluding carboxylic acids is 1. The van der Waals surface area contributed by atoms with E-state index >= 15 is 0 Å². The van der Waals surface area contributed by atoms with E-state index < -0.39 is 0 Å². The Labute approximate surface area is 150 Å². The number of benzene rings is 1. The number of hydrogen-bond acceptors (Lipinski definition) is 5. The average molecular weight is 353 g/mol. The van der Waals surface area contributed by atoms with Crippen LogP contribution >= 0.6 is 11.3 Å². The van der Waals surface area contributed by atoms with Crippen LogP contribution in [-0.2, 0) is 11.3 Å². The van der Waals surface area contributed by atoms with Crippen molar-refractivity contribution >= 4 is 17.2 Å². The number of amides is 1. The third-order valence-electron chi connectivity index (χ3n) is 3.53. The smallest absolute Gasteiger partial charge is 0.258 e. The van der Waals surface area contributed by atoms with Crippen LogP contribution in [0.5, 0.6) is 5.88 Å². The zero-order valence-corrected chi connectivity index (χ0v) is 15.0. The van der Waals surface area contributed by atoms with E-state index in [9.17, 15) is 4.79 Å². The van der Waals surface area contributed by atoms with E-state index in [4.69, 9.17) is 4.74 Å². The highest BCUT2D eigenvalue weighted by Gasteiger charge is 2.08. The topological polar surface area (TPSA) is 64.1 Å². The summed E-state index contributed by atoms with van der Waals surface area (Å²) in [6, 6.07) is 13.6. The minimum atomic E-state index is -0.179. The molecule has 3 rings (SSSR count). The highest BCUT2D eigenvalue weighted by molar-refractivity contribution is 7.09. The maximum absolute atomic E-state index is 11.9. The van der Waals surface area contributed by atoms with Gasteiger partial charge in [0.05, 0.1) is 6.54 Å². The van der Waals surface area contributed by atoms with E-state index in [1.54, 1.807) is 17.4 Å². The number of hydrogen-bond donors (Lipinski definition) is 1. The van der Waals surface area contributed by atoms with Gasteiger partial charge in [-0.25, -0.2) is 4.98 Å². The maximum atomic E-state index is 11.9. The highest BCUT2D eigenvalue weighted by atomic mass is 32.1. The van der Waals surface area contributed by atoms with Gasteiger partial charge in [0.15, 0.2) is 12.4 Å². The summed E-state index contributed by atoms with van der Waals surface area (Å²) in [5, 5.41) is 4.81. The molecular weight excluding hydrogens is 334 g/mol. The molecule has 128 valence electrons. The fourth-order valence-electron chi connectivity index (χ4n) is 2.23. The molecule has 0 aliphatic heterocycles. The van der Waals surface area contributed by atoms with Crippen molar-refractivity contribution in [3.8, 4) is 17.3 Å². The van der Waals surface area contributed by atoms with Crippen LogP contribution in [0.4, 0.5) is 0 Å². The van der Waals surface area contributed by atoms with Crippen molar-refractivity contribution in [2.24, 2.45) is 0 Å². The molecule has 0 atom stereocenters. The highest BCUT2D eigenvalue weighted by Crippen LogP contribution is 2.19. The van der Waals surface area contributed by atoms with E-state index in [2.05, 4.69) is 15.3 Å². The number of rotatable bonds is 6. The zero-order valence-electron chi connectivity index (χ0n) is 14.2. The van der Waals surface area contributed by atoms with Crippen LogP contribution in [0.25, 0.3) is 11.4 Å². The van der Waals surface area contributed by atoms with Gasteiger partial charge in [0.25, 0.3) is 5.91 Å². The Morgan fingerprint density at radius 1 is 1.16 bits per heavy atom. The Kier molecular flexibility index (Phi) is 5.40. The number of aromatic nitrogens is 2. The summed E-state index contributed by atoms with van der Waals surface area (Å²) >= 11 is 1.61. The summed E-state index contributed by atoms with van der Waals surface area (Å²) in [4.78, 5) is 21.9. The minimum Gasteiger partial charge on any atom is -0.467 e. The van der Waals surface area contributed by atoms with Crippen molar-refractivity contribution in [2.45, 2.75) is 20.4 Å². The molecule has 1 N–H and O–H groups in total. The number of aryl methyl sites for hydroxylation is 2. The van der Waals surface area contributed by atoms with E-state index in [-0.39, 0.29) is 12.5 Å². The van der Waals surface area contributed by atoms with E-state index in [0.717, 1.165) is 16.1 Å². The molecule has 0 aliphatic carbocycles. The second-order valence-corrected chi connectivity index (χ2v) is 6.71. The molecule has 0 aliphatic rings. The van der Waals surface area contributed by atoms with Gasteiger partial charge in [0, 0.05) is 22.2 Å². The molecule has 3 aromatic rings. The second-order valence-electron chi connectivity index (χ2n) is 5.68. The van der Waals surface area contributed by atoms with E-state index in [1.165, 1.54) is 5.56 Å². The van der Waals surface area contributed by atoms with Crippen LogP contribution in [-0.4, -0.2) is 22.5 Å². The number of thiophene rings is 1. The minimum absolute atomic E-state index is 0.0742. The van der Waals surface area contributed by atoms with Gasteiger partial charge in [-0.3, -0.25) is 4.79 Å². The number of carbonyl (C=O) groups is 1. The number of nitrogens with one attached hydrogen (secondary N) is 1. The molecule has 1 amide bonds. The van der Waals surface area contributed by atoms with Crippen molar-refractivity contribution in [3.05, 3.63) is 64.0 Å². The first kappa shape index (κ1) is 17.1. The van der Waals surface area contributed by atoms with E-state index in [0.29, 0.717) is 18.2 Å². The molecule has 25 heavy (non-hydrogen) atoms. The van der Waals surface area contributed by atoms with Crippen LogP contribution in [0.15, 0.2) is 47.8 Å². The zero-order chi connectivity index (χ0) is 17.6. The fourth-order valence-corrected chi connectivity index (χ4v) is 2.88. The van der Waals surface area contributed by atoms with Gasteiger partial charge < -0.3 is 10.1 Å². The Bertz CT molecular complexity index is 846. The largest absolute Gasteiger partial charge is 0.467 e. The molecule has 1 aromatic carbocycles. The normalized spacial score (nSPS) is 10.5. The summed E-state index contributed by atoms with van der Waals surface area (Å²) in [6.45, 7) is 4.35. The molecule has 6 heteroatoms. The predicted molar refractivity (Wildman–Crippen MR) is 98.6 cm³/mol. The molecule has 0 saturated carbocycles. The second kappa shape index (κ2) is 7.90. The molecular formula is C19H19N3O2S. The predicted octanol–water partition coefficient (Wildman–Crippen LogP) is 3.52. The third-order valence-corrected chi connectivity index (χ3v) is 4.41. The van der Waals surface area contributed by atoms with Crippen molar-refractivity contribution in [2.75, 3.05) is 6.61 Å². The molecule has 0 radical (unpaired) electrons. The van der Waals surface area contributed by atoms with Gasteiger partial charge in [-0.15, -0.1) is 11.3 Å². The van der Waals surface area contributed by atoms with Gasteiger partial charge in [0.1, 0.15) is 0 Å². The molecule has 0 unspecified atom stereocenters. The third kappa shape index (κ3) is 4.87. The average Bonchev–Trinajstić information content (AvgIpc) is 3.12. The molecule has 2 heterocycles. The molecule has 0 bridgehead atoms. The van der Waals surface area contributed by atoms with Gasteiger partial charge in [-0.2, -0.15) is 4.98 Å². The van der Waals surface area contributed by atoms with Gasteiger partial charge in [-0.1, -0.05) is 35.9 Å². The van der Waals surface area contributed by atoms with Crippen molar-refractivity contribution in [3.63, 3.8) is 0 Å². The lowest BCUT2D eigenvalue weighted by Gasteiger charge is -2.09. The summed E-state index contributed by atoms with van der Waals surface area (Å²) < 4.78 is 5.54. The van der Waals surface area contributed by atoms with Crippen LogP contribution < -0.4 is 10.1 Å². The van der Waals surface area contributed by atoms with Crippen molar-refractivity contribution in [1.29, 1.82) is 0 Å². The quantitative estimate of drug-likeness (QED) is 0.736. The number of nitrogens with zero attached hydrogens (tertiary/aromatic N) is 2. The summed E-state index contributed by atoms with van der Waals surface area (Å²) in [5.41, 5.74) is 2.89. The summed E-state index contributed by atoms with van der Waals surface area (Å²) in [5.74, 6) is 0.810. The fraction of sp³-hybridized carbons (Fsp3) is 0.211. The lowest BCUT2D eigenvalue weighted by molar-refractivity contribution is -0.123. The van der Waals surface area contributed by atoms with Crippen LogP contribution in [0, 0.1) is 13.8 Å². The Morgan fingerprint density at radius 3 is 2.68 bits per heavy atom. The van der Waals surface area contributed by atoms with E-state index in [1.807, 2.05) is 55.6 Å². The summed E-state index contributed by atoms with van der Waals surface area (Å²) in [7, 11) is 0. The SMILES string of the molecule is Cc1ccc(-c2nc(C)cc(OCC(=O)NCc3cccs3)n2)cc1. The first-order chi connectivity index (χ1) is 12.1. The van der Waals surface area contributed by atoms with Crippen LogP contribution in [0.1, 0.15) is 16.1 Å². The van der Waals surface area contributed by atoms with Crippen LogP contribution in [0.3, 0.4) is 0 Å². The van der Waals surface area contributed by atoms with Gasteiger partial charge >= 0.3 is 0 Å². The number of ether oxygens (including phenoxy) is 1. The Morgan fingerprint density at radius 2 is 1.96 bits per heavy atom. The van der Waals surface area contributed by atoms with Crippen molar-refractivity contribution < 1.29 is 9.53 Å². The molecule has 0 saturated heterocycles. The van der Waals surface area contributed by atoms with Crippen LogP contribution in [0.2, 0.25) is 0 Å². The lowest BCUT2D eigenvalue weighted by Crippen LogP contribution is -2.28. The maximum Gasteiger partial charge on any atom is 0.258 e. The molecule has 5 nitrogen and oxygen atoms in total. The lowest BCUT2D eigenvalue weighted by atomic mass is 10.1. The standard InChI is InChI=1S/C19H19N3O2S/c1-13-5-7-15(8-6-13)19-21-14(2)10-18(22-19)24-12-17(23)20-11-16-4-3-9-25-16/h3-10H,11-12H2,1-2H3,(H,20,23). The Hall–Kier alpha value is -2.73. The molecule has 0 fully saturated rings. The van der Waals surface area contributed by atoms with Gasteiger partial charge in [-0.05, 0) is 25.3 Å². The first-order valence-corrected chi connectivity index (χ1v) is 8.83.